The molecule has 6 heteroatoms. The largest absolute Gasteiger partial charge is 0.374 e. The van der Waals surface area contributed by atoms with Gasteiger partial charge >= 0.3 is 0 Å². The van der Waals surface area contributed by atoms with Crippen LogP contribution in [0.3, 0.4) is 0 Å². The van der Waals surface area contributed by atoms with Crippen LogP contribution >= 0.6 is 6.34 Å². The zero-order valence-corrected chi connectivity index (χ0v) is 20.0. The molecule has 1 atom stereocenters. The molecule has 3 aliphatic rings. The van der Waals surface area contributed by atoms with Gasteiger partial charge in [-0.2, -0.15) is 0 Å². The Labute approximate surface area is 181 Å². The fourth-order valence-electron chi connectivity index (χ4n) is 4.96. The Bertz CT molecular complexity index is 851. The number of nitrogens with one attached hydrogen (secondary N) is 1. The van der Waals surface area contributed by atoms with E-state index >= 15 is 0 Å². The number of hydrogen-bond donors (Lipinski definition) is 1. The molecule has 29 heavy (non-hydrogen) atoms. The summed E-state index contributed by atoms with van der Waals surface area (Å²) in [5.74, 6) is 0. The third-order valence-electron chi connectivity index (χ3n) is 6.33. The second-order valence-corrected chi connectivity index (χ2v) is 13.0. The molecule has 1 aromatic carbocycles. The van der Waals surface area contributed by atoms with Crippen molar-refractivity contribution < 1.29 is 0 Å². The number of anilines is 1. The van der Waals surface area contributed by atoms with Gasteiger partial charge in [0.15, 0.2) is 6.34 Å². The minimum atomic E-state index is -2.16. The first-order valence-corrected chi connectivity index (χ1v) is 13.8. The van der Waals surface area contributed by atoms with Gasteiger partial charge in [0.25, 0.3) is 0 Å². The van der Waals surface area contributed by atoms with E-state index in [1.807, 2.05) is 0 Å². The van der Waals surface area contributed by atoms with Gasteiger partial charge in [0.1, 0.15) is 0 Å². The smallest absolute Gasteiger partial charge is 0.152 e. The molecular weight excluding hydrogens is 395 g/mol. The van der Waals surface area contributed by atoms with Crippen LogP contribution in [-0.2, 0) is 11.8 Å². The lowest BCUT2D eigenvalue weighted by molar-refractivity contribution is 0.254. The number of piperidine rings is 1. The second-order valence-electron chi connectivity index (χ2n) is 9.01. The molecule has 0 bridgehead atoms. The van der Waals surface area contributed by atoms with E-state index in [1.54, 1.807) is 0 Å². The Morgan fingerprint density at radius 2 is 1.72 bits per heavy atom. The monoisotopic (exact) mass is 430 g/mol. The SMILES string of the molecule is CCN(CC)[P@@]1(=S)C2=C(N3CCCCC3)CC(C)(C)C=C2NN1c1ccccc1. The summed E-state index contributed by atoms with van der Waals surface area (Å²) in [7, 11) is 0. The Hall–Kier alpha value is -1.29. The van der Waals surface area contributed by atoms with Crippen molar-refractivity contribution in [1.29, 1.82) is 0 Å². The highest BCUT2D eigenvalue weighted by atomic mass is 32.4. The van der Waals surface area contributed by atoms with E-state index in [9.17, 15) is 0 Å². The summed E-state index contributed by atoms with van der Waals surface area (Å²) in [5, 5.41) is 1.42. The zero-order valence-electron chi connectivity index (χ0n) is 18.3. The summed E-state index contributed by atoms with van der Waals surface area (Å²) in [6.45, 7) is 13.5. The van der Waals surface area contributed by atoms with E-state index < -0.39 is 6.34 Å². The van der Waals surface area contributed by atoms with Crippen molar-refractivity contribution in [3.05, 3.63) is 53.1 Å². The fraction of sp³-hybridized carbons (Fsp3) is 0.565. The number of benzene rings is 1. The Morgan fingerprint density at radius 1 is 1.07 bits per heavy atom. The van der Waals surface area contributed by atoms with Gasteiger partial charge in [-0.1, -0.05) is 63.8 Å². The van der Waals surface area contributed by atoms with Crippen molar-refractivity contribution in [2.45, 2.75) is 53.4 Å². The van der Waals surface area contributed by atoms with Crippen LogP contribution in [0.1, 0.15) is 53.4 Å². The summed E-state index contributed by atoms with van der Waals surface area (Å²) >= 11 is 6.68. The van der Waals surface area contributed by atoms with Crippen LogP contribution in [0, 0.1) is 5.41 Å². The van der Waals surface area contributed by atoms with Crippen LogP contribution in [0.5, 0.6) is 0 Å². The van der Waals surface area contributed by atoms with E-state index in [4.69, 9.17) is 11.8 Å². The van der Waals surface area contributed by atoms with E-state index in [0.29, 0.717) is 0 Å². The Balaban J connectivity index is 1.92. The van der Waals surface area contributed by atoms with Gasteiger partial charge in [-0.25, -0.2) is 4.78 Å². The summed E-state index contributed by atoms with van der Waals surface area (Å²) in [6, 6.07) is 10.7. The maximum Gasteiger partial charge on any atom is 0.152 e. The molecule has 158 valence electrons. The number of likely N-dealkylation sites (tertiary alicyclic amines) is 1. The molecule has 1 aromatic rings. The third-order valence-corrected chi connectivity index (χ3v) is 11.3. The Kier molecular flexibility index (Phi) is 5.85. The number of allylic oxidation sites excluding steroid dienone is 3. The molecule has 2 saturated heterocycles. The minimum Gasteiger partial charge on any atom is -0.374 e. The van der Waals surface area contributed by atoms with Gasteiger partial charge in [0.05, 0.1) is 16.7 Å². The first-order valence-electron chi connectivity index (χ1n) is 11.1. The van der Waals surface area contributed by atoms with E-state index in [1.165, 1.54) is 54.7 Å². The maximum atomic E-state index is 6.68. The average Bonchev–Trinajstić information content (AvgIpc) is 3.01. The van der Waals surface area contributed by atoms with Crippen LogP contribution < -0.4 is 10.2 Å². The lowest BCUT2D eigenvalue weighted by atomic mass is 9.82. The van der Waals surface area contributed by atoms with E-state index in [0.717, 1.165) is 19.5 Å². The highest BCUT2D eigenvalue weighted by molar-refractivity contribution is 8.16. The number of hydrogen-bond acceptors (Lipinski definition) is 3. The standard InChI is InChI=1S/C23H35N4PS/c1-5-26(6-2)28(29)22-20(24-27(28)19-13-9-7-10-14-19)17-23(3,4)18-21(22)25-15-11-8-12-16-25/h7,9-10,13-14,17,24H,5-6,8,11-12,15-16,18H2,1-4H3/t28-/m0/s1. The fourth-order valence-corrected chi connectivity index (χ4v) is 9.85. The van der Waals surface area contributed by atoms with Crippen LogP contribution in [0.25, 0.3) is 0 Å². The lowest BCUT2D eigenvalue weighted by Gasteiger charge is -2.42. The van der Waals surface area contributed by atoms with Crippen molar-refractivity contribution in [2.75, 3.05) is 31.0 Å². The number of nitrogens with zero attached hydrogens (tertiary/aromatic N) is 3. The van der Waals surface area contributed by atoms with Gasteiger partial charge < -0.3 is 4.90 Å². The molecule has 0 unspecified atom stereocenters. The summed E-state index contributed by atoms with van der Waals surface area (Å²) in [5.41, 5.74) is 7.85. The number of hydrazine groups is 1. The highest BCUT2D eigenvalue weighted by Gasteiger charge is 2.48. The molecule has 0 amide bonds. The molecule has 2 aliphatic heterocycles. The van der Waals surface area contributed by atoms with Gasteiger partial charge in [-0.05, 0) is 43.2 Å². The number of para-hydroxylation sites is 1. The number of fused-ring (bicyclic) bond motifs is 1. The quantitative estimate of drug-likeness (QED) is 0.606. The van der Waals surface area contributed by atoms with Crippen molar-refractivity contribution >= 4 is 23.8 Å². The van der Waals surface area contributed by atoms with Crippen molar-refractivity contribution in [3.63, 3.8) is 0 Å². The van der Waals surface area contributed by atoms with Gasteiger partial charge in [0.2, 0.25) is 0 Å². The van der Waals surface area contributed by atoms with E-state index in [-0.39, 0.29) is 5.41 Å². The number of rotatable bonds is 5. The summed E-state index contributed by atoms with van der Waals surface area (Å²) in [4.78, 5) is 2.66. The van der Waals surface area contributed by atoms with Gasteiger partial charge in [0, 0.05) is 31.9 Å². The van der Waals surface area contributed by atoms with Crippen LogP contribution in [0.4, 0.5) is 5.69 Å². The molecule has 1 aliphatic carbocycles. The van der Waals surface area contributed by atoms with Crippen molar-refractivity contribution in [3.8, 4) is 0 Å². The molecule has 0 spiro atoms. The molecule has 2 heterocycles. The third kappa shape index (κ3) is 3.66. The first-order chi connectivity index (χ1) is 13.9. The normalized spacial score (nSPS) is 26.4. The molecule has 4 rings (SSSR count). The van der Waals surface area contributed by atoms with Crippen LogP contribution in [0.2, 0.25) is 0 Å². The van der Waals surface area contributed by atoms with Crippen molar-refractivity contribution in [2.24, 2.45) is 5.41 Å². The molecule has 4 nitrogen and oxygen atoms in total. The van der Waals surface area contributed by atoms with Crippen molar-refractivity contribution in [1.82, 2.24) is 15.0 Å². The molecular formula is C23H35N4PS. The second kappa shape index (κ2) is 8.09. The van der Waals surface area contributed by atoms with Crippen LogP contribution in [-0.4, -0.2) is 35.7 Å². The Morgan fingerprint density at radius 3 is 2.34 bits per heavy atom. The topological polar surface area (TPSA) is 21.8 Å². The molecule has 0 aromatic heterocycles. The minimum absolute atomic E-state index is 0.134. The molecule has 2 fully saturated rings. The maximum absolute atomic E-state index is 6.68. The molecule has 1 N–H and O–H groups in total. The molecule has 0 radical (unpaired) electrons. The molecule has 0 saturated carbocycles. The summed E-state index contributed by atoms with van der Waals surface area (Å²) < 4.78 is 4.86. The lowest BCUT2D eigenvalue weighted by Crippen LogP contribution is -2.34. The average molecular weight is 431 g/mol. The van der Waals surface area contributed by atoms with Gasteiger partial charge in [-0.15, -0.1) is 0 Å². The predicted octanol–water partition coefficient (Wildman–Crippen LogP) is 5.67. The zero-order chi connectivity index (χ0) is 20.6. The first kappa shape index (κ1) is 21.0. The van der Waals surface area contributed by atoms with Gasteiger partial charge in [-0.3, -0.25) is 10.1 Å². The highest BCUT2D eigenvalue weighted by Crippen LogP contribution is 2.69. The summed E-state index contributed by atoms with van der Waals surface area (Å²) in [6.07, 6.45) is 5.28. The van der Waals surface area contributed by atoms with E-state index in [2.05, 4.69) is 83.9 Å². The van der Waals surface area contributed by atoms with Crippen LogP contribution in [0.15, 0.2) is 53.1 Å². The predicted molar refractivity (Wildman–Crippen MR) is 128 cm³/mol.